The van der Waals surface area contributed by atoms with E-state index in [2.05, 4.69) is 26.6 Å². The zero-order valence-corrected chi connectivity index (χ0v) is 8.35. The Morgan fingerprint density at radius 1 is 1.83 bits per heavy atom. The summed E-state index contributed by atoms with van der Waals surface area (Å²) in [6, 6.07) is -0.336. The molecule has 2 N–H and O–H groups in total. The van der Waals surface area contributed by atoms with Gasteiger partial charge in [0.15, 0.2) is 0 Å². The highest BCUT2D eigenvalue weighted by Crippen LogP contribution is 2.02. The largest absolute Gasteiger partial charge is 0.354 e. The first-order valence-corrected chi connectivity index (χ1v) is 4.75. The Hall–Kier alpha value is -0.580. The number of nitrogens with one attached hydrogen (secondary N) is 2. The Kier molecular flexibility index (Phi) is 3.08. The molecular weight excluding hydrogens is 224 g/mol. The summed E-state index contributed by atoms with van der Waals surface area (Å²) in [5, 5.41) is 5.28. The van der Waals surface area contributed by atoms with E-state index >= 15 is 0 Å². The maximum atomic E-state index is 11.1. The van der Waals surface area contributed by atoms with Gasteiger partial charge in [0.05, 0.1) is 4.83 Å². The standard InChI is InChI=1S/C7H11BrN2O2/c1-4(8)6(11)10-5-2-3-9-7(5)12/h4-5H,2-3H2,1H3,(H,9,12)(H,10,11). The van der Waals surface area contributed by atoms with Crippen LogP contribution in [0.5, 0.6) is 0 Å². The highest BCUT2D eigenvalue weighted by molar-refractivity contribution is 9.10. The number of rotatable bonds is 2. The number of alkyl halides is 1. The molecule has 0 bridgehead atoms. The van der Waals surface area contributed by atoms with Crippen LogP contribution in [0.15, 0.2) is 0 Å². The van der Waals surface area contributed by atoms with Gasteiger partial charge in [-0.25, -0.2) is 0 Å². The van der Waals surface area contributed by atoms with E-state index in [1.165, 1.54) is 0 Å². The van der Waals surface area contributed by atoms with Crippen LogP contribution in [0.4, 0.5) is 0 Å². The van der Waals surface area contributed by atoms with Crippen molar-refractivity contribution in [3.05, 3.63) is 0 Å². The molecule has 12 heavy (non-hydrogen) atoms. The molecule has 2 amide bonds. The second-order valence-electron chi connectivity index (χ2n) is 2.76. The first-order chi connectivity index (χ1) is 5.61. The van der Waals surface area contributed by atoms with E-state index in [0.29, 0.717) is 13.0 Å². The molecule has 68 valence electrons. The lowest BCUT2D eigenvalue weighted by Crippen LogP contribution is -2.42. The van der Waals surface area contributed by atoms with Gasteiger partial charge in [-0.1, -0.05) is 15.9 Å². The van der Waals surface area contributed by atoms with Crippen molar-refractivity contribution in [3.63, 3.8) is 0 Å². The summed E-state index contributed by atoms with van der Waals surface area (Å²) in [7, 11) is 0. The van der Waals surface area contributed by atoms with E-state index in [-0.39, 0.29) is 22.7 Å². The van der Waals surface area contributed by atoms with Crippen LogP contribution in [-0.4, -0.2) is 29.2 Å². The number of carbonyl (C=O) groups is 2. The number of halogens is 1. The van der Waals surface area contributed by atoms with Gasteiger partial charge in [0.25, 0.3) is 0 Å². The molecule has 1 fully saturated rings. The van der Waals surface area contributed by atoms with Gasteiger partial charge in [0.2, 0.25) is 11.8 Å². The van der Waals surface area contributed by atoms with Gasteiger partial charge in [-0.05, 0) is 13.3 Å². The summed E-state index contributed by atoms with van der Waals surface area (Å²) in [5.41, 5.74) is 0. The zero-order chi connectivity index (χ0) is 9.14. The fourth-order valence-electron chi connectivity index (χ4n) is 1.02. The SMILES string of the molecule is CC(Br)C(=O)NC1CCNC1=O. The summed E-state index contributed by atoms with van der Waals surface area (Å²) < 4.78 is 0. The number of hydrogen-bond donors (Lipinski definition) is 2. The fraction of sp³-hybridized carbons (Fsp3) is 0.714. The number of hydrogen-bond acceptors (Lipinski definition) is 2. The second-order valence-corrected chi connectivity index (χ2v) is 4.13. The first-order valence-electron chi connectivity index (χ1n) is 3.83. The van der Waals surface area contributed by atoms with Crippen LogP contribution in [-0.2, 0) is 9.59 Å². The Balaban J connectivity index is 2.40. The van der Waals surface area contributed by atoms with E-state index in [1.54, 1.807) is 6.92 Å². The lowest BCUT2D eigenvalue weighted by Gasteiger charge is -2.10. The van der Waals surface area contributed by atoms with Crippen LogP contribution >= 0.6 is 15.9 Å². The number of carbonyl (C=O) groups excluding carboxylic acids is 2. The normalized spacial score (nSPS) is 24.8. The summed E-state index contributed by atoms with van der Waals surface area (Å²) >= 11 is 3.12. The average Bonchev–Trinajstić information content (AvgIpc) is 2.36. The van der Waals surface area contributed by atoms with Crippen LogP contribution < -0.4 is 10.6 Å². The Labute approximate surface area is 79.2 Å². The summed E-state index contributed by atoms with van der Waals surface area (Å²) in [5.74, 6) is -0.228. The van der Waals surface area contributed by atoms with Crippen molar-refractivity contribution in [2.24, 2.45) is 0 Å². The molecule has 0 aromatic carbocycles. The van der Waals surface area contributed by atoms with Gasteiger partial charge < -0.3 is 10.6 Å². The summed E-state index contributed by atoms with van der Waals surface area (Å²) in [6.45, 7) is 2.38. The van der Waals surface area contributed by atoms with Crippen LogP contribution in [0.1, 0.15) is 13.3 Å². The second kappa shape index (κ2) is 3.89. The molecular formula is C7H11BrN2O2. The van der Waals surface area contributed by atoms with Crippen molar-refractivity contribution in [1.29, 1.82) is 0 Å². The Morgan fingerprint density at radius 2 is 2.50 bits per heavy atom. The van der Waals surface area contributed by atoms with E-state index in [0.717, 1.165) is 0 Å². The smallest absolute Gasteiger partial charge is 0.242 e. The summed E-state index contributed by atoms with van der Waals surface area (Å²) in [6.07, 6.45) is 0.685. The van der Waals surface area contributed by atoms with Gasteiger partial charge in [0.1, 0.15) is 6.04 Å². The topological polar surface area (TPSA) is 58.2 Å². The van der Waals surface area contributed by atoms with Gasteiger partial charge in [-0.3, -0.25) is 9.59 Å². The third kappa shape index (κ3) is 2.20. The van der Waals surface area contributed by atoms with Crippen molar-refractivity contribution >= 4 is 27.7 Å². The maximum Gasteiger partial charge on any atom is 0.242 e. The van der Waals surface area contributed by atoms with E-state index in [4.69, 9.17) is 0 Å². The monoisotopic (exact) mass is 234 g/mol. The molecule has 0 aliphatic carbocycles. The molecule has 5 heteroatoms. The minimum atomic E-state index is -0.336. The van der Waals surface area contributed by atoms with Crippen molar-refractivity contribution in [2.75, 3.05) is 6.54 Å². The van der Waals surface area contributed by atoms with Gasteiger partial charge in [-0.2, -0.15) is 0 Å². The molecule has 0 saturated carbocycles. The van der Waals surface area contributed by atoms with Crippen LogP contribution in [0.3, 0.4) is 0 Å². The first kappa shape index (κ1) is 9.51. The molecule has 2 unspecified atom stereocenters. The molecule has 1 saturated heterocycles. The van der Waals surface area contributed by atoms with E-state index in [1.807, 2.05) is 0 Å². The molecule has 1 heterocycles. The number of amides is 2. The van der Waals surface area contributed by atoms with Crippen molar-refractivity contribution in [1.82, 2.24) is 10.6 Å². The quantitative estimate of drug-likeness (QED) is 0.650. The minimum absolute atomic E-state index is 0.0866. The Morgan fingerprint density at radius 3 is 2.92 bits per heavy atom. The van der Waals surface area contributed by atoms with Crippen LogP contribution in [0.2, 0.25) is 0 Å². The molecule has 4 nitrogen and oxygen atoms in total. The van der Waals surface area contributed by atoms with Gasteiger partial charge >= 0.3 is 0 Å². The van der Waals surface area contributed by atoms with Gasteiger partial charge in [-0.15, -0.1) is 0 Å². The van der Waals surface area contributed by atoms with E-state index in [9.17, 15) is 9.59 Å². The maximum absolute atomic E-state index is 11.1. The summed E-state index contributed by atoms with van der Waals surface area (Å²) in [4.78, 5) is 21.9. The van der Waals surface area contributed by atoms with Crippen molar-refractivity contribution in [3.8, 4) is 0 Å². The fourth-order valence-corrected chi connectivity index (χ4v) is 1.15. The van der Waals surface area contributed by atoms with Gasteiger partial charge in [0, 0.05) is 6.54 Å². The molecule has 0 aromatic rings. The lowest BCUT2D eigenvalue weighted by molar-refractivity contribution is -0.126. The lowest BCUT2D eigenvalue weighted by atomic mass is 10.2. The molecule has 0 aromatic heterocycles. The predicted octanol–water partition coefficient (Wildman–Crippen LogP) is -0.226. The predicted molar refractivity (Wildman–Crippen MR) is 47.9 cm³/mol. The zero-order valence-electron chi connectivity index (χ0n) is 6.76. The molecule has 2 atom stereocenters. The third-order valence-electron chi connectivity index (χ3n) is 1.73. The molecule has 1 aliphatic rings. The highest BCUT2D eigenvalue weighted by atomic mass is 79.9. The highest BCUT2D eigenvalue weighted by Gasteiger charge is 2.26. The third-order valence-corrected chi connectivity index (χ3v) is 2.14. The van der Waals surface area contributed by atoms with Crippen molar-refractivity contribution < 1.29 is 9.59 Å². The van der Waals surface area contributed by atoms with Crippen LogP contribution in [0.25, 0.3) is 0 Å². The van der Waals surface area contributed by atoms with E-state index < -0.39 is 0 Å². The van der Waals surface area contributed by atoms with Crippen LogP contribution in [0, 0.1) is 0 Å². The molecule has 0 radical (unpaired) electrons. The molecule has 1 aliphatic heterocycles. The average molecular weight is 235 g/mol. The Bertz CT molecular complexity index is 206. The molecule has 0 spiro atoms. The van der Waals surface area contributed by atoms with Crippen molar-refractivity contribution in [2.45, 2.75) is 24.2 Å². The molecule has 1 rings (SSSR count). The minimum Gasteiger partial charge on any atom is -0.354 e.